The molecule has 0 amide bonds. The van der Waals surface area contributed by atoms with Crippen molar-refractivity contribution in [2.24, 2.45) is 0 Å². The summed E-state index contributed by atoms with van der Waals surface area (Å²) in [6.07, 6.45) is -0.875. The van der Waals surface area contributed by atoms with Crippen LogP contribution in [0.3, 0.4) is 0 Å². The fraction of sp³-hybridized carbons (Fsp3) is 0.0870. The second-order valence-electron chi connectivity index (χ2n) is 6.85. The van der Waals surface area contributed by atoms with E-state index in [-0.39, 0.29) is 16.5 Å². The third-order valence-corrected chi connectivity index (χ3v) is 6.04. The van der Waals surface area contributed by atoms with E-state index in [0.717, 1.165) is 16.8 Å². The Morgan fingerprint density at radius 2 is 1.77 bits per heavy atom. The highest BCUT2D eigenvalue weighted by Crippen LogP contribution is 2.41. The van der Waals surface area contributed by atoms with Gasteiger partial charge in [0, 0.05) is 17.0 Å². The number of nitrogens with one attached hydrogen (secondary N) is 1. The monoisotopic (exact) mass is 450 g/mol. The van der Waals surface area contributed by atoms with Crippen molar-refractivity contribution in [3.63, 3.8) is 0 Å². The molecule has 1 aromatic heterocycles. The molecule has 0 unspecified atom stereocenters. The Kier molecular flexibility index (Phi) is 5.44. The van der Waals surface area contributed by atoms with E-state index in [0.29, 0.717) is 16.6 Å². The van der Waals surface area contributed by atoms with Crippen LogP contribution in [-0.2, 0) is 5.75 Å². The van der Waals surface area contributed by atoms with Crippen LogP contribution in [0.4, 0.5) is 10.1 Å². The maximum Gasteiger partial charge on any atom is 0.247 e. The minimum Gasteiger partial charge on any atom is -0.448 e. The van der Waals surface area contributed by atoms with Gasteiger partial charge in [0.15, 0.2) is 5.69 Å². The van der Waals surface area contributed by atoms with Gasteiger partial charge in [0.05, 0.1) is 10.6 Å². The van der Waals surface area contributed by atoms with E-state index in [4.69, 9.17) is 16.3 Å². The van der Waals surface area contributed by atoms with E-state index in [2.05, 4.69) is 20.5 Å². The number of anilines is 1. The number of para-hydroxylation sites is 1. The number of hydrogen-bond acceptors (Lipinski definition) is 6. The lowest BCUT2D eigenvalue weighted by Crippen LogP contribution is -2.19. The van der Waals surface area contributed by atoms with Gasteiger partial charge in [-0.2, -0.15) is 4.98 Å². The van der Waals surface area contributed by atoms with Gasteiger partial charge in [-0.05, 0) is 23.8 Å². The summed E-state index contributed by atoms with van der Waals surface area (Å²) in [5.74, 6) is 0.498. The Balaban J connectivity index is 1.54. The van der Waals surface area contributed by atoms with Crippen LogP contribution in [0.2, 0.25) is 5.02 Å². The minimum absolute atomic E-state index is 0.212. The van der Waals surface area contributed by atoms with Gasteiger partial charge < -0.3 is 10.1 Å². The molecule has 0 bridgehead atoms. The summed E-state index contributed by atoms with van der Waals surface area (Å²) in [4.78, 5) is 4.58. The van der Waals surface area contributed by atoms with Gasteiger partial charge >= 0.3 is 0 Å². The first-order valence-corrected chi connectivity index (χ1v) is 10.9. The van der Waals surface area contributed by atoms with Gasteiger partial charge in [-0.25, -0.2) is 4.39 Å². The molecule has 154 valence electrons. The zero-order valence-electron chi connectivity index (χ0n) is 16.1. The summed E-state index contributed by atoms with van der Waals surface area (Å²) in [5, 5.41) is 12.6. The molecule has 2 heterocycles. The number of ether oxygens (including phenoxy) is 1. The third-order valence-electron chi connectivity index (χ3n) is 4.81. The van der Waals surface area contributed by atoms with Crippen LogP contribution in [0, 0.1) is 5.82 Å². The van der Waals surface area contributed by atoms with Crippen LogP contribution in [0.25, 0.3) is 11.3 Å². The number of aromatic nitrogens is 3. The molecule has 0 fully saturated rings. The van der Waals surface area contributed by atoms with E-state index < -0.39 is 12.0 Å². The zero-order chi connectivity index (χ0) is 21.2. The van der Waals surface area contributed by atoms with Gasteiger partial charge in [0.1, 0.15) is 5.82 Å². The van der Waals surface area contributed by atoms with Crippen LogP contribution < -0.4 is 10.1 Å². The zero-order valence-corrected chi connectivity index (χ0v) is 17.7. The standard InChI is InChI=1S/C23H16ClFN4OS/c24-16-10-6-11-17(25)19(16)21-26-18-12-5-4-9-15(18)20-22(30-21)27-23(29-28-20)31-13-14-7-2-1-3-8-14/h1-12,21,26H,13H2/t21-/m0/s1. The number of benzene rings is 3. The van der Waals surface area contributed by atoms with Crippen molar-refractivity contribution in [1.29, 1.82) is 0 Å². The SMILES string of the molecule is Fc1cccc(Cl)c1[C@H]1Nc2ccccc2-c2nnc(SCc3ccccc3)nc2O1. The van der Waals surface area contributed by atoms with E-state index in [1.807, 2.05) is 54.6 Å². The summed E-state index contributed by atoms with van der Waals surface area (Å²) in [7, 11) is 0. The van der Waals surface area contributed by atoms with Crippen molar-refractivity contribution < 1.29 is 9.13 Å². The summed E-state index contributed by atoms with van der Waals surface area (Å²) in [6.45, 7) is 0. The molecule has 1 N–H and O–H groups in total. The molecule has 5 nitrogen and oxygen atoms in total. The highest BCUT2D eigenvalue weighted by molar-refractivity contribution is 7.98. The second-order valence-corrected chi connectivity index (χ2v) is 8.20. The molecular formula is C23H16ClFN4OS. The average Bonchev–Trinajstić information content (AvgIpc) is 2.94. The lowest BCUT2D eigenvalue weighted by molar-refractivity contribution is 0.220. The van der Waals surface area contributed by atoms with Crippen molar-refractivity contribution >= 4 is 29.1 Å². The second kappa shape index (κ2) is 8.53. The molecule has 8 heteroatoms. The number of hydrogen-bond donors (Lipinski definition) is 1. The average molecular weight is 451 g/mol. The smallest absolute Gasteiger partial charge is 0.247 e. The summed E-state index contributed by atoms with van der Waals surface area (Å²) >= 11 is 7.76. The maximum absolute atomic E-state index is 14.7. The Morgan fingerprint density at radius 1 is 0.968 bits per heavy atom. The molecule has 4 aromatic rings. The lowest BCUT2D eigenvalue weighted by Gasteiger charge is -2.20. The fourth-order valence-electron chi connectivity index (χ4n) is 3.32. The van der Waals surface area contributed by atoms with Gasteiger partial charge in [0.2, 0.25) is 17.3 Å². The van der Waals surface area contributed by atoms with Crippen molar-refractivity contribution in [1.82, 2.24) is 15.2 Å². The van der Waals surface area contributed by atoms with E-state index in [9.17, 15) is 4.39 Å². The predicted octanol–water partition coefficient (Wildman–Crippen LogP) is 6.13. The quantitative estimate of drug-likeness (QED) is 0.377. The number of nitrogens with zero attached hydrogens (tertiary/aromatic N) is 3. The summed E-state index contributed by atoms with van der Waals surface area (Å²) < 4.78 is 20.8. The molecular weight excluding hydrogens is 435 g/mol. The van der Waals surface area contributed by atoms with E-state index in [1.165, 1.54) is 17.8 Å². The molecule has 3 aromatic carbocycles. The highest BCUT2D eigenvalue weighted by atomic mass is 35.5. The lowest BCUT2D eigenvalue weighted by atomic mass is 10.1. The van der Waals surface area contributed by atoms with Gasteiger partial charge in [0.25, 0.3) is 0 Å². The van der Waals surface area contributed by atoms with Crippen LogP contribution in [0.5, 0.6) is 5.88 Å². The predicted molar refractivity (Wildman–Crippen MR) is 120 cm³/mol. The van der Waals surface area contributed by atoms with Crippen LogP contribution in [-0.4, -0.2) is 15.2 Å². The summed E-state index contributed by atoms with van der Waals surface area (Å²) in [5.41, 5.74) is 3.35. The van der Waals surface area contributed by atoms with Crippen LogP contribution >= 0.6 is 23.4 Å². The van der Waals surface area contributed by atoms with Crippen LogP contribution in [0.15, 0.2) is 78.0 Å². The normalized spacial score (nSPS) is 14.6. The van der Waals surface area contributed by atoms with Crippen molar-refractivity contribution in [2.75, 3.05) is 5.32 Å². The summed E-state index contributed by atoms with van der Waals surface area (Å²) in [6, 6.07) is 22.1. The Hall–Kier alpha value is -3.16. The maximum atomic E-state index is 14.7. The highest BCUT2D eigenvalue weighted by Gasteiger charge is 2.29. The molecule has 5 rings (SSSR count). The molecule has 0 aliphatic carbocycles. The van der Waals surface area contributed by atoms with Gasteiger partial charge in [-0.1, -0.05) is 78.0 Å². The Morgan fingerprint density at radius 3 is 2.61 bits per heavy atom. The van der Waals surface area contributed by atoms with Crippen molar-refractivity contribution in [3.8, 4) is 17.1 Å². The topological polar surface area (TPSA) is 59.9 Å². The van der Waals surface area contributed by atoms with Gasteiger partial charge in [-0.15, -0.1) is 10.2 Å². The largest absolute Gasteiger partial charge is 0.448 e. The van der Waals surface area contributed by atoms with E-state index >= 15 is 0 Å². The number of halogens is 2. The number of fused-ring (bicyclic) bond motifs is 3. The molecule has 31 heavy (non-hydrogen) atoms. The first kappa shape index (κ1) is 19.8. The van der Waals surface area contributed by atoms with Crippen LogP contribution in [0.1, 0.15) is 17.4 Å². The molecule has 1 aliphatic heterocycles. The van der Waals surface area contributed by atoms with E-state index in [1.54, 1.807) is 12.1 Å². The first-order chi connectivity index (χ1) is 15.2. The number of rotatable bonds is 4. The fourth-order valence-corrected chi connectivity index (χ4v) is 4.32. The molecule has 0 radical (unpaired) electrons. The Bertz CT molecular complexity index is 1220. The van der Waals surface area contributed by atoms with Crippen molar-refractivity contribution in [3.05, 3.63) is 94.8 Å². The molecule has 0 saturated heterocycles. The first-order valence-electron chi connectivity index (χ1n) is 9.57. The number of thioether (sulfide) groups is 1. The third kappa shape index (κ3) is 4.06. The Labute approximate surface area is 187 Å². The minimum atomic E-state index is -0.875. The molecule has 0 saturated carbocycles. The molecule has 1 atom stereocenters. The molecule has 0 spiro atoms. The van der Waals surface area contributed by atoms with Gasteiger partial charge in [-0.3, -0.25) is 0 Å². The van der Waals surface area contributed by atoms with Crippen molar-refractivity contribution in [2.45, 2.75) is 17.1 Å². The molecule has 1 aliphatic rings.